The van der Waals surface area contributed by atoms with Crippen LogP contribution in [-0.4, -0.2) is 24.1 Å². The lowest BCUT2D eigenvalue weighted by molar-refractivity contribution is -0.123. The molecule has 1 amide bonds. The molecule has 2 rings (SSSR count). The van der Waals surface area contributed by atoms with Crippen molar-refractivity contribution < 1.29 is 9.90 Å². The number of nitrogens with one attached hydrogen (secondary N) is 1. The SMILES string of the molecule is CC(C)CC(C)N(C)c1cc2c(cc1Br)C(O)C(=O)N2. The van der Waals surface area contributed by atoms with Gasteiger partial charge in [-0.05, 0) is 47.3 Å². The smallest absolute Gasteiger partial charge is 0.257 e. The molecule has 0 radical (unpaired) electrons. The number of hydrogen-bond donors (Lipinski definition) is 2. The molecule has 5 heteroatoms. The minimum atomic E-state index is -1.06. The van der Waals surface area contributed by atoms with Crippen LogP contribution in [-0.2, 0) is 4.79 Å². The lowest BCUT2D eigenvalue weighted by Crippen LogP contribution is -2.30. The van der Waals surface area contributed by atoms with E-state index in [1.165, 1.54) is 0 Å². The second-order valence-electron chi connectivity index (χ2n) is 5.87. The Kier molecular flexibility index (Phi) is 4.39. The molecule has 1 aliphatic heterocycles. The molecule has 2 atom stereocenters. The molecule has 2 N–H and O–H groups in total. The Morgan fingerprint density at radius 3 is 2.65 bits per heavy atom. The Morgan fingerprint density at radius 2 is 2.05 bits per heavy atom. The summed E-state index contributed by atoms with van der Waals surface area (Å²) < 4.78 is 0.893. The van der Waals surface area contributed by atoms with E-state index < -0.39 is 6.10 Å². The summed E-state index contributed by atoms with van der Waals surface area (Å²) in [5.74, 6) is 0.268. The fraction of sp³-hybridized carbons (Fsp3) is 0.533. The minimum absolute atomic E-state index is 0.359. The third-order valence-corrected chi connectivity index (χ3v) is 4.41. The highest BCUT2D eigenvalue weighted by Gasteiger charge is 2.30. The number of aliphatic hydroxyl groups excluding tert-OH is 1. The Labute approximate surface area is 128 Å². The lowest BCUT2D eigenvalue weighted by Gasteiger charge is -2.29. The van der Waals surface area contributed by atoms with Gasteiger partial charge in [0.15, 0.2) is 6.10 Å². The van der Waals surface area contributed by atoms with Crippen LogP contribution in [0, 0.1) is 5.92 Å². The molecule has 2 unspecified atom stereocenters. The molecule has 1 aromatic carbocycles. The molecule has 20 heavy (non-hydrogen) atoms. The van der Waals surface area contributed by atoms with Gasteiger partial charge in [-0.1, -0.05) is 13.8 Å². The molecule has 0 saturated carbocycles. The van der Waals surface area contributed by atoms with Gasteiger partial charge in [-0.25, -0.2) is 0 Å². The first kappa shape index (κ1) is 15.3. The predicted octanol–water partition coefficient (Wildman–Crippen LogP) is 3.31. The van der Waals surface area contributed by atoms with Crippen LogP contribution in [0.1, 0.15) is 38.9 Å². The maximum atomic E-state index is 11.5. The van der Waals surface area contributed by atoms with E-state index >= 15 is 0 Å². The first-order valence-electron chi connectivity index (χ1n) is 6.86. The number of halogens is 1. The summed E-state index contributed by atoms with van der Waals surface area (Å²) in [6, 6.07) is 4.14. The van der Waals surface area contributed by atoms with Gasteiger partial charge in [-0.3, -0.25) is 4.79 Å². The van der Waals surface area contributed by atoms with Crippen LogP contribution in [0.3, 0.4) is 0 Å². The van der Waals surface area contributed by atoms with E-state index in [0.717, 1.165) is 16.6 Å². The van der Waals surface area contributed by atoms with Crippen LogP contribution in [0.4, 0.5) is 11.4 Å². The van der Waals surface area contributed by atoms with Crippen molar-refractivity contribution in [1.29, 1.82) is 0 Å². The fourth-order valence-corrected chi connectivity index (χ4v) is 3.24. The molecular formula is C15H21BrN2O2. The van der Waals surface area contributed by atoms with Gasteiger partial charge in [0.25, 0.3) is 5.91 Å². The van der Waals surface area contributed by atoms with Crippen molar-refractivity contribution in [2.75, 3.05) is 17.3 Å². The van der Waals surface area contributed by atoms with Gasteiger partial charge >= 0.3 is 0 Å². The zero-order chi connectivity index (χ0) is 15.0. The van der Waals surface area contributed by atoms with E-state index in [-0.39, 0.29) is 5.91 Å². The van der Waals surface area contributed by atoms with E-state index in [2.05, 4.69) is 46.9 Å². The molecule has 1 aromatic rings. The first-order valence-corrected chi connectivity index (χ1v) is 7.65. The largest absolute Gasteiger partial charge is 0.378 e. The molecule has 0 bridgehead atoms. The molecular weight excluding hydrogens is 320 g/mol. The summed E-state index contributed by atoms with van der Waals surface area (Å²) in [7, 11) is 2.05. The number of anilines is 2. The summed E-state index contributed by atoms with van der Waals surface area (Å²) in [4.78, 5) is 13.7. The Bertz CT molecular complexity index is 531. The number of carbonyl (C=O) groups is 1. The average Bonchev–Trinajstić information content (AvgIpc) is 2.63. The van der Waals surface area contributed by atoms with E-state index in [9.17, 15) is 9.90 Å². The highest BCUT2D eigenvalue weighted by atomic mass is 79.9. The van der Waals surface area contributed by atoms with Crippen molar-refractivity contribution in [2.45, 2.75) is 39.3 Å². The summed E-state index contributed by atoms with van der Waals surface area (Å²) >= 11 is 3.54. The monoisotopic (exact) mass is 340 g/mol. The van der Waals surface area contributed by atoms with Crippen LogP contribution in [0.2, 0.25) is 0 Å². The van der Waals surface area contributed by atoms with Gasteiger partial charge in [0.1, 0.15) is 0 Å². The zero-order valence-electron chi connectivity index (χ0n) is 12.3. The van der Waals surface area contributed by atoms with Crippen LogP contribution in [0.15, 0.2) is 16.6 Å². The van der Waals surface area contributed by atoms with Gasteiger partial charge < -0.3 is 15.3 Å². The second-order valence-corrected chi connectivity index (χ2v) is 6.73. The van der Waals surface area contributed by atoms with E-state index in [1.807, 2.05) is 19.2 Å². The highest BCUT2D eigenvalue weighted by molar-refractivity contribution is 9.10. The normalized spacial score (nSPS) is 18.9. The lowest BCUT2D eigenvalue weighted by atomic mass is 10.0. The van der Waals surface area contributed by atoms with Crippen molar-refractivity contribution in [1.82, 2.24) is 0 Å². The van der Waals surface area contributed by atoms with Crippen molar-refractivity contribution in [3.8, 4) is 0 Å². The molecule has 0 aromatic heterocycles. The van der Waals surface area contributed by atoms with E-state index in [0.29, 0.717) is 23.2 Å². The number of aliphatic hydroxyl groups is 1. The second kappa shape index (κ2) is 5.74. The number of hydrogen-bond acceptors (Lipinski definition) is 3. The third kappa shape index (κ3) is 2.83. The van der Waals surface area contributed by atoms with Gasteiger partial charge in [0, 0.05) is 28.8 Å². The topological polar surface area (TPSA) is 52.6 Å². The van der Waals surface area contributed by atoms with Crippen molar-refractivity contribution >= 4 is 33.2 Å². The molecule has 0 saturated heterocycles. The Hall–Kier alpha value is -1.07. The summed E-state index contributed by atoms with van der Waals surface area (Å²) in [5, 5.41) is 12.5. The predicted molar refractivity (Wildman–Crippen MR) is 85.1 cm³/mol. The van der Waals surface area contributed by atoms with Gasteiger partial charge in [-0.15, -0.1) is 0 Å². The standard InChI is InChI=1S/C15H21BrN2O2/c1-8(2)5-9(3)18(4)13-7-12-10(6-11(13)16)14(19)15(20)17-12/h6-9,14,19H,5H2,1-4H3,(H,17,20). The molecule has 1 heterocycles. The Morgan fingerprint density at radius 1 is 1.40 bits per heavy atom. The summed E-state index contributed by atoms with van der Waals surface area (Å²) in [6.45, 7) is 6.60. The first-order chi connectivity index (χ1) is 9.31. The van der Waals surface area contributed by atoms with Crippen LogP contribution in [0.5, 0.6) is 0 Å². The van der Waals surface area contributed by atoms with Crippen molar-refractivity contribution in [3.05, 3.63) is 22.2 Å². The molecule has 1 aliphatic rings. The van der Waals surface area contributed by atoms with Gasteiger partial charge in [0.2, 0.25) is 0 Å². The number of amides is 1. The zero-order valence-corrected chi connectivity index (χ0v) is 13.9. The number of fused-ring (bicyclic) bond motifs is 1. The third-order valence-electron chi connectivity index (χ3n) is 3.77. The molecule has 110 valence electrons. The van der Waals surface area contributed by atoms with Crippen LogP contribution >= 0.6 is 15.9 Å². The Balaban J connectivity index is 2.30. The van der Waals surface area contributed by atoms with Crippen molar-refractivity contribution in [3.63, 3.8) is 0 Å². The minimum Gasteiger partial charge on any atom is -0.378 e. The van der Waals surface area contributed by atoms with Crippen molar-refractivity contribution in [2.24, 2.45) is 5.92 Å². The number of nitrogens with zero attached hydrogens (tertiary/aromatic N) is 1. The highest BCUT2D eigenvalue weighted by Crippen LogP contribution is 2.39. The number of carbonyl (C=O) groups excluding carboxylic acids is 1. The van der Waals surface area contributed by atoms with Gasteiger partial charge in [-0.2, -0.15) is 0 Å². The molecule has 4 nitrogen and oxygen atoms in total. The summed E-state index contributed by atoms with van der Waals surface area (Å²) in [5.41, 5.74) is 2.35. The summed E-state index contributed by atoms with van der Waals surface area (Å²) in [6.07, 6.45) is 0.0309. The maximum absolute atomic E-state index is 11.5. The molecule has 0 spiro atoms. The number of rotatable bonds is 4. The molecule has 0 fully saturated rings. The van der Waals surface area contributed by atoms with E-state index in [4.69, 9.17) is 0 Å². The quantitative estimate of drug-likeness (QED) is 0.884. The van der Waals surface area contributed by atoms with Crippen LogP contribution in [0.25, 0.3) is 0 Å². The van der Waals surface area contributed by atoms with Gasteiger partial charge in [0.05, 0.1) is 5.69 Å². The van der Waals surface area contributed by atoms with E-state index in [1.54, 1.807) is 0 Å². The number of benzene rings is 1. The maximum Gasteiger partial charge on any atom is 0.257 e. The molecule has 0 aliphatic carbocycles. The van der Waals surface area contributed by atoms with Crippen LogP contribution < -0.4 is 10.2 Å². The average molecular weight is 341 g/mol. The fourth-order valence-electron chi connectivity index (χ4n) is 2.60.